The van der Waals surface area contributed by atoms with Crippen molar-refractivity contribution in [2.24, 2.45) is 7.05 Å². The number of likely N-dealkylation sites (N-methyl/N-ethyl adjacent to an activating group) is 1. The SMILES string of the molecule is CN1CCc2c(O)nn(C)c2C1. The smallest absolute Gasteiger partial charge is 0.233 e. The zero-order chi connectivity index (χ0) is 8.72. The van der Waals surface area contributed by atoms with Crippen molar-refractivity contribution in [3.05, 3.63) is 11.3 Å². The Hall–Kier alpha value is -1.03. The molecule has 4 heteroatoms. The molecule has 12 heavy (non-hydrogen) atoms. The lowest BCUT2D eigenvalue weighted by Crippen LogP contribution is -2.27. The highest BCUT2D eigenvalue weighted by atomic mass is 16.3. The zero-order valence-corrected chi connectivity index (χ0v) is 7.41. The van der Waals surface area contributed by atoms with E-state index in [0.29, 0.717) is 0 Å². The van der Waals surface area contributed by atoms with Gasteiger partial charge in [0, 0.05) is 25.7 Å². The number of fused-ring (bicyclic) bond motifs is 1. The molecule has 2 rings (SSSR count). The fourth-order valence-electron chi connectivity index (χ4n) is 1.68. The highest BCUT2D eigenvalue weighted by Crippen LogP contribution is 2.24. The minimum absolute atomic E-state index is 0.209. The van der Waals surface area contributed by atoms with Gasteiger partial charge in [-0.15, -0.1) is 5.10 Å². The molecule has 4 nitrogen and oxygen atoms in total. The molecular weight excluding hydrogens is 154 g/mol. The first-order valence-electron chi connectivity index (χ1n) is 4.10. The van der Waals surface area contributed by atoms with Gasteiger partial charge in [-0.05, 0) is 13.5 Å². The Balaban J connectivity index is 2.45. The molecule has 2 heterocycles. The molecule has 1 aliphatic rings. The van der Waals surface area contributed by atoms with Gasteiger partial charge in [-0.25, -0.2) is 0 Å². The summed E-state index contributed by atoms with van der Waals surface area (Å²) in [5, 5.41) is 13.4. The second kappa shape index (κ2) is 2.48. The van der Waals surface area contributed by atoms with Crippen LogP contribution in [0.4, 0.5) is 0 Å². The highest BCUT2D eigenvalue weighted by Gasteiger charge is 2.20. The van der Waals surface area contributed by atoms with Gasteiger partial charge in [0.2, 0.25) is 5.88 Å². The van der Waals surface area contributed by atoms with Crippen molar-refractivity contribution in [1.29, 1.82) is 0 Å². The highest BCUT2D eigenvalue weighted by molar-refractivity contribution is 5.32. The normalized spacial score (nSPS) is 17.8. The van der Waals surface area contributed by atoms with Gasteiger partial charge < -0.3 is 10.0 Å². The summed E-state index contributed by atoms with van der Waals surface area (Å²) in [6, 6.07) is 0. The minimum atomic E-state index is 0.209. The first-order valence-corrected chi connectivity index (χ1v) is 4.10. The molecule has 0 amide bonds. The molecule has 0 atom stereocenters. The number of hydrogen-bond acceptors (Lipinski definition) is 3. The first kappa shape index (κ1) is 7.61. The second-order valence-corrected chi connectivity index (χ2v) is 3.36. The molecule has 1 N–H and O–H groups in total. The van der Waals surface area contributed by atoms with Crippen molar-refractivity contribution >= 4 is 0 Å². The van der Waals surface area contributed by atoms with Crippen molar-refractivity contribution in [2.75, 3.05) is 13.6 Å². The van der Waals surface area contributed by atoms with E-state index in [1.54, 1.807) is 4.68 Å². The lowest BCUT2D eigenvalue weighted by Gasteiger charge is -2.22. The second-order valence-electron chi connectivity index (χ2n) is 3.36. The van der Waals surface area contributed by atoms with Crippen LogP contribution in [0, 0.1) is 0 Å². The molecule has 1 aromatic rings. The first-order chi connectivity index (χ1) is 5.68. The Morgan fingerprint density at radius 1 is 1.42 bits per heavy atom. The number of aromatic hydroxyl groups is 1. The van der Waals surface area contributed by atoms with Crippen molar-refractivity contribution in [3.63, 3.8) is 0 Å². The number of aromatic nitrogens is 2. The third-order valence-electron chi connectivity index (χ3n) is 2.42. The average molecular weight is 167 g/mol. The summed E-state index contributed by atoms with van der Waals surface area (Å²) in [6.45, 7) is 1.89. The molecule has 0 radical (unpaired) electrons. The molecule has 0 fully saturated rings. The van der Waals surface area contributed by atoms with Crippen LogP contribution in [-0.2, 0) is 20.0 Å². The van der Waals surface area contributed by atoms with Crippen LogP contribution in [0.5, 0.6) is 5.88 Å². The van der Waals surface area contributed by atoms with Crippen LogP contribution in [0.2, 0.25) is 0 Å². The van der Waals surface area contributed by atoms with E-state index in [9.17, 15) is 5.11 Å². The number of rotatable bonds is 0. The topological polar surface area (TPSA) is 41.3 Å². The Labute approximate surface area is 71.4 Å². The molecule has 1 aliphatic heterocycles. The number of aryl methyl sites for hydroxylation is 1. The third kappa shape index (κ3) is 0.992. The molecule has 0 unspecified atom stereocenters. The van der Waals surface area contributed by atoms with E-state index in [2.05, 4.69) is 17.0 Å². The number of nitrogens with zero attached hydrogens (tertiary/aromatic N) is 3. The van der Waals surface area contributed by atoms with Crippen LogP contribution in [0.1, 0.15) is 11.3 Å². The van der Waals surface area contributed by atoms with Crippen LogP contribution in [0.3, 0.4) is 0 Å². The maximum absolute atomic E-state index is 9.41. The predicted octanol–water partition coefficient (Wildman–Crippen LogP) is 0.114. The summed E-state index contributed by atoms with van der Waals surface area (Å²) >= 11 is 0. The van der Waals surface area contributed by atoms with E-state index in [-0.39, 0.29) is 5.88 Å². The molecule has 1 aromatic heterocycles. The monoisotopic (exact) mass is 167 g/mol. The predicted molar refractivity (Wildman–Crippen MR) is 44.9 cm³/mol. The van der Waals surface area contributed by atoms with E-state index in [0.717, 1.165) is 30.8 Å². The summed E-state index contributed by atoms with van der Waals surface area (Å²) < 4.78 is 1.76. The lowest BCUT2D eigenvalue weighted by molar-refractivity contribution is 0.301. The molecule has 0 bridgehead atoms. The van der Waals surface area contributed by atoms with Gasteiger partial charge in [-0.2, -0.15) is 0 Å². The summed E-state index contributed by atoms with van der Waals surface area (Å²) in [5.41, 5.74) is 2.16. The van der Waals surface area contributed by atoms with Crippen molar-refractivity contribution in [2.45, 2.75) is 13.0 Å². The minimum Gasteiger partial charge on any atom is -0.492 e. The summed E-state index contributed by atoms with van der Waals surface area (Å²) in [4.78, 5) is 2.23. The fourth-order valence-corrected chi connectivity index (χ4v) is 1.68. The largest absolute Gasteiger partial charge is 0.492 e. The average Bonchev–Trinajstić information content (AvgIpc) is 2.28. The van der Waals surface area contributed by atoms with Gasteiger partial charge in [0.15, 0.2) is 0 Å². The van der Waals surface area contributed by atoms with Gasteiger partial charge in [0.25, 0.3) is 0 Å². The maximum Gasteiger partial charge on any atom is 0.233 e. The van der Waals surface area contributed by atoms with E-state index < -0.39 is 0 Å². The van der Waals surface area contributed by atoms with Crippen LogP contribution in [0.15, 0.2) is 0 Å². The van der Waals surface area contributed by atoms with E-state index >= 15 is 0 Å². The molecule has 0 spiro atoms. The van der Waals surface area contributed by atoms with Crippen molar-refractivity contribution < 1.29 is 5.11 Å². The van der Waals surface area contributed by atoms with E-state index in [1.807, 2.05) is 7.05 Å². The molecule has 0 aromatic carbocycles. The number of hydrogen-bond donors (Lipinski definition) is 1. The standard InChI is InChI=1S/C8H13N3O/c1-10-4-3-6-7(5-10)11(2)9-8(6)12/h3-5H2,1-2H3,(H,9,12). The quantitative estimate of drug-likeness (QED) is 0.596. The van der Waals surface area contributed by atoms with Crippen molar-refractivity contribution in [1.82, 2.24) is 14.7 Å². The molecule has 66 valence electrons. The van der Waals surface area contributed by atoms with Gasteiger partial charge in [-0.3, -0.25) is 4.68 Å². The molecule has 0 saturated carbocycles. The van der Waals surface area contributed by atoms with Crippen LogP contribution in [-0.4, -0.2) is 33.4 Å². The van der Waals surface area contributed by atoms with E-state index in [1.165, 1.54) is 0 Å². The molecule has 0 saturated heterocycles. The van der Waals surface area contributed by atoms with E-state index in [4.69, 9.17) is 0 Å². The Morgan fingerprint density at radius 3 is 2.92 bits per heavy atom. The molecule has 0 aliphatic carbocycles. The summed E-state index contributed by atoms with van der Waals surface area (Å²) in [5.74, 6) is 0.209. The zero-order valence-electron chi connectivity index (χ0n) is 7.41. The fraction of sp³-hybridized carbons (Fsp3) is 0.625. The summed E-state index contributed by atoms with van der Waals surface area (Å²) in [7, 11) is 3.95. The van der Waals surface area contributed by atoms with Gasteiger partial charge >= 0.3 is 0 Å². The lowest BCUT2D eigenvalue weighted by atomic mass is 10.1. The third-order valence-corrected chi connectivity index (χ3v) is 2.42. The van der Waals surface area contributed by atoms with Gasteiger partial charge in [0.1, 0.15) is 0 Å². The van der Waals surface area contributed by atoms with Crippen LogP contribution in [0.25, 0.3) is 0 Å². The Morgan fingerprint density at radius 2 is 2.17 bits per heavy atom. The molecular formula is C8H13N3O. The van der Waals surface area contributed by atoms with Crippen LogP contribution >= 0.6 is 0 Å². The Kier molecular flexibility index (Phi) is 1.58. The maximum atomic E-state index is 9.41. The summed E-state index contributed by atoms with van der Waals surface area (Å²) in [6.07, 6.45) is 0.908. The van der Waals surface area contributed by atoms with Crippen LogP contribution < -0.4 is 0 Å². The van der Waals surface area contributed by atoms with Crippen molar-refractivity contribution in [3.8, 4) is 5.88 Å². The van der Waals surface area contributed by atoms with Gasteiger partial charge in [-0.1, -0.05) is 0 Å². The Bertz CT molecular complexity index is 305. The van der Waals surface area contributed by atoms with Gasteiger partial charge in [0.05, 0.1) is 5.69 Å².